The average Bonchev–Trinajstić information content (AvgIpc) is 3.00. The summed E-state index contributed by atoms with van der Waals surface area (Å²) in [6.07, 6.45) is 1.41. The Bertz CT molecular complexity index is 755. The largest absolute Gasteiger partial charge is 0.497 e. The molecule has 0 saturated heterocycles. The van der Waals surface area contributed by atoms with Crippen molar-refractivity contribution in [1.29, 1.82) is 0 Å². The molecule has 24 heavy (non-hydrogen) atoms. The Hall–Kier alpha value is -2.82. The fourth-order valence-electron chi connectivity index (χ4n) is 3.09. The molecule has 0 aromatic heterocycles. The normalized spacial score (nSPS) is 15.9. The molecule has 1 atom stereocenters. The number of carbonyl (C=O) groups is 2. The van der Waals surface area contributed by atoms with Crippen LogP contribution in [0.4, 0.5) is 5.69 Å². The average molecular weight is 324 g/mol. The molecule has 2 aromatic carbocycles. The summed E-state index contributed by atoms with van der Waals surface area (Å²) >= 11 is 0. The summed E-state index contributed by atoms with van der Waals surface area (Å²) in [5.74, 6) is 0.232. The second-order valence-corrected chi connectivity index (χ2v) is 5.86. The molecule has 0 bridgehead atoms. The summed E-state index contributed by atoms with van der Waals surface area (Å²) in [5.41, 5.74) is 8.32. The van der Waals surface area contributed by atoms with E-state index in [1.165, 1.54) is 0 Å². The summed E-state index contributed by atoms with van der Waals surface area (Å²) in [6.45, 7) is 0. The van der Waals surface area contributed by atoms with Gasteiger partial charge in [-0.3, -0.25) is 14.5 Å². The van der Waals surface area contributed by atoms with Gasteiger partial charge in [-0.25, -0.2) is 0 Å². The van der Waals surface area contributed by atoms with Gasteiger partial charge in [-0.1, -0.05) is 30.3 Å². The minimum absolute atomic E-state index is 0.0837. The Kier molecular flexibility index (Phi) is 4.51. The van der Waals surface area contributed by atoms with Crippen LogP contribution in [0.3, 0.4) is 0 Å². The third kappa shape index (κ3) is 3.11. The first-order valence-corrected chi connectivity index (χ1v) is 7.92. The van der Waals surface area contributed by atoms with Gasteiger partial charge in [-0.05, 0) is 35.7 Å². The van der Waals surface area contributed by atoms with Crippen molar-refractivity contribution in [2.75, 3.05) is 12.0 Å². The van der Waals surface area contributed by atoms with Crippen molar-refractivity contribution in [3.8, 4) is 5.75 Å². The zero-order valence-corrected chi connectivity index (χ0v) is 13.6. The van der Waals surface area contributed by atoms with Gasteiger partial charge in [-0.2, -0.15) is 0 Å². The summed E-state index contributed by atoms with van der Waals surface area (Å²) in [6, 6.07) is 14.6. The van der Waals surface area contributed by atoms with Crippen LogP contribution >= 0.6 is 0 Å². The summed E-state index contributed by atoms with van der Waals surface area (Å²) in [7, 11) is 1.62. The number of nitrogens with zero attached hydrogens (tertiary/aromatic N) is 1. The van der Waals surface area contributed by atoms with Gasteiger partial charge in [0, 0.05) is 18.5 Å². The van der Waals surface area contributed by atoms with E-state index in [2.05, 4.69) is 0 Å². The van der Waals surface area contributed by atoms with E-state index in [0.29, 0.717) is 19.3 Å². The van der Waals surface area contributed by atoms with Gasteiger partial charge in [0.25, 0.3) is 0 Å². The number of aryl methyl sites for hydroxylation is 1. The maximum Gasteiger partial charge on any atom is 0.240 e. The lowest BCUT2D eigenvalue weighted by atomic mass is 10.1. The number of benzene rings is 2. The van der Waals surface area contributed by atoms with Crippen molar-refractivity contribution in [2.24, 2.45) is 5.73 Å². The SMILES string of the molecule is COc1ccc(CCC(=O)N2c3ccccc3CC2C(N)=O)cc1. The van der Waals surface area contributed by atoms with Gasteiger partial charge in [0.15, 0.2) is 0 Å². The molecule has 0 spiro atoms. The number of para-hydroxylation sites is 1. The Morgan fingerprint density at radius 2 is 1.88 bits per heavy atom. The van der Waals surface area contributed by atoms with Gasteiger partial charge in [-0.15, -0.1) is 0 Å². The number of primary amides is 1. The van der Waals surface area contributed by atoms with Gasteiger partial charge >= 0.3 is 0 Å². The van der Waals surface area contributed by atoms with Crippen molar-refractivity contribution in [3.63, 3.8) is 0 Å². The molecular weight excluding hydrogens is 304 g/mol. The molecular formula is C19H20N2O3. The topological polar surface area (TPSA) is 72.6 Å². The third-order valence-electron chi connectivity index (χ3n) is 4.36. The second kappa shape index (κ2) is 6.74. The number of amides is 2. The Labute approximate surface area is 141 Å². The summed E-state index contributed by atoms with van der Waals surface area (Å²) < 4.78 is 5.13. The maximum atomic E-state index is 12.7. The first-order chi connectivity index (χ1) is 11.6. The van der Waals surface area contributed by atoms with Crippen molar-refractivity contribution < 1.29 is 14.3 Å². The van der Waals surface area contributed by atoms with Crippen LogP contribution in [0.15, 0.2) is 48.5 Å². The smallest absolute Gasteiger partial charge is 0.240 e. The van der Waals surface area contributed by atoms with Crippen molar-refractivity contribution in [1.82, 2.24) is 0 Å². The molecule has 2 aromatic rings. The number of methoxy groups -OCH3 is 1. The molecule has 0 saturated carbocycles. The van der Waals surface area contributed by atoms with Gasteiger partial charge < -0.3 is 10.5 Å². The summed E-state index contributed by atoms with van der Waals surface area (Å²) in [5, 5.41) is 0. The predicted molar refractivity (Wildman–Crippen MR) is 91.9 cm³/mol. The highest BCUT2D eigenvalue weighted by Gasteiger charge is 2.36. The van der Waals surface area contributed by atoms with E-state index in [1.54, 1.807) is 12.0 Å². The van der Waals surface area contributed by atoms with E-state index >= 15 is 0 Å². The van der Waals surface area contributed by atoms with Gasteiger partial charge in [0.2, 0.25) is 11.8 Å². The van der Waals surface area contributed by atoms with Crippen LogP contribution in [0, 0.1) is 0 Å². The highest BCUT2D eigenvalue weighted by Crippen LogP contribution is 2.32. The monoisotopic (exact) mass is 324 g/mol. The van der Waals surface area contributed by atoms with E-state index < -0.39 is 11.9 Å². The predicted octanol–water partition coefficient (Wildman–Crippen LogP) is 2.07. The molecule has 5 heteroatoms. The second-order valence-electron chi connectivity index (χ2n) is 5.86. The van der Waals surface area contributed by atoms with E-state index in [4.69, 9.17) is 10.5 Å². The Balaban J connectivity index is 1.73. The fourth-order valence-corrected chi connectivity index (χ4v) is 3.09. The zero-order chi connectivity index (χ0) is 17.1. The Morgan fingerprint density at radius 1 is 1.17 bits per heavy atom. The van der Waals surface area contributed by atoms with E-state index in [1.807, 2.05) is 48.5 Å². The van der Waals surface area contributed by atoms with Crippen molar-refractivity contribution in [2.45, 2.75) is 25.3 Å². The standard InChI is InChI=1S/C19H20N2O3/c1-24-15-9-6-13(7-10-15)8-11-18(22)21-16-5-3-2-4-14(16)12-17(21)19(20)23/h2-7,9-10,17H,8,11-12H2,1H3,(H2,20,23). The minimum atomic E-state index is -0.592. The number of nitrogens with two attached hydrogens (primary N) is 1. The van der Waals surface area contributed by atoms with Crippen molar-refractivity contribution >= 4 is 17.5 Å². The third-order valence-corrected chi connectivity index (χ3v) is 4.36. The molecule has 3 rings (SSSR count). The highest BCUT2D eigenvalue weighted by molar-refractivity contribution is 6.03. The number of hydrogen-bond donors (Lipinski definition) is 1. The highest BCUT2D eigenvalue weighted by atomic mass is 16.5. The number of carbonyl (C=O) groups excluding carboxylic acids is 2. The molecule has 124 valence electrons. The van der Waals surface area contributed by atoms with Crippen LogP contribution in [0.5, 0.6) is 5.75 Å². The van der Waals surface area contributed by atoms with Crippen LogP contribution in [-0.4, -0.2) is 25.0 Å². The molecule has 0 aliphatic carbocycles. The summed E-state index contributed by atoms with van der Waals surface area (Å²) in [4.78, 5) is 26.0. The lowest BCUT2D eigenvalue weighted by molar-refractivity contribution is -0.124. The van der Waals surface area contributed by atoms with E-state index in [9.17, 15) is 9.59 Å². The Morgan fingerprint density at radius 3 is 2.54 bits per heavy atom. The number of rotatable bonds is 5. The number of hydrogen-bond acceptors (Lipinski definition) is 3. The van der Waals surface area contributed by atoms with Crippen LogP contribution in [0.1, 0.15) is 17.5 Å². The first-order valence-electron chi connectivity index (χ1n) is 7.92. The van der Waals surface area contributed by atoms with Crippen LogP contribution < -0.4 is 15.4 Å². The van der Waals surface area contributed by atoms with Crippen LogP contribution in [-0.2, 0) is 22.4 Å². The van der Waals surface area contributed by atoms with Crippen LogP contribution in [0.2, 0.25) is 0 Å². The molecule has 1 aliphatic rings. The molecule has 1 unspecified atom stereocenters. The minimum Gasteiger partial charge on any atom is -0.497 e. The maximum absolute atomic E-state index is 12.7. The molecule has 0 fully saturated rings. The molecule has 0 radical (unpaired) electrons. The molecule has 2 N–H and O–H groups in total. The van der Waals surface area contributed by atoms with Crippen molar-refractivity contribution in [3.05, 3.63) is 59.7 Å². The number of ether oxygens (including phenoxy) is 1. The number of anilines is 1. The zero-order valence-electron chi connectivity index (χ0n) is 13.6. The number of fused-ring (bicyclic) bond motifs is 1. The quantitative estimate of drug-likeness (QED) is 0.915. The molecule has 5 nitrogen and oxygen atoms in total. The van der Waals surface area contributed by atoms with E-state index in [-0.39, 0.29) is 5.91 Å². The fraction of sp³-hybridized carbons (Fsp3) is 0.263. The molecule has 2 amide bonds. The van der Waals surface area contributed by atoms with Gasteiger partial charge in [0.05, 0.1) is 7.11 Å². The molecule has 1 aliphatic heterocycles. The van der Waals surface area contributed by atoms with Gasteiger partial charge in [0.1, 0.15) is 11.8 Å². The molecule has 1 heterocycles. The lowest BCUT2D eigenvalue weighted by Crippen LogP contribution is -2.46. The van der Waals surface area contributed by atoms with Crippen LogP contribution in [0.25, 0.3) is 0 Å². The first kappa shape index (κ1) is 16.1. The lowest BCUT2D eigenvalue weighted by Gasteiger charge is -2.23. The van der Waals surface area contributed by atoms with E-state index in [0.717, 1.165) is 22.6 Å².